The highest BCUT2D eigenvalue weighted by atomic mass is 16.4. The van der Waals surface area contributed by atoms with E-state index in [4.69, 9.17) is 0 Å². The van der Waals surface area contributed by atoms with Crippen LogP contribution < -0.4 is 4.90 Å². The maximum atomic E-state index is 12.4. The number of para-hydroxylation sites is 1. The van der Waals surface area contributed by atoms with Crippen LogP contribution in [0.3, 0.4) is 0 Å². The lowest BCUT2D eigenvalue weighted by Crippen LogP contribution is -2.31. The minimum atomic E-state index is -0.930. The molecule has 1 aromatic heterocycles. The fraction of sp³-hybridized carbons (Fsp3) is 0.143. The third-order valence-corrected chi connectivity index (χ3v) is 3.34. The van der Waals surface area contributed by atoms with Gasteiger partial charge in [0, 0.05) is 12.2 Å². The first-order chi connectivity index (χ1) is 9.68. The van der Waals surface area contributed by atoms with Crippen LogP contribution >= 0.6 is 0 Å². The number of carbonyl (C=O) groups excluding carboxylic acids is 1. The van der Waals surface area contributed by atoms with E-state index in [1.165, 1.54) is 17.3 Å². The summed E-state index contributed by atoms with van der Waals surface area (Å²) in [6.07, 6.45) is 2.81. The van der Waals surface area contributed by atoms with Crippen molar-refractivity contribution < 1.29 is 14.7 Å². The second-order valence-electron chi connectivity index (χ2n) is 4.50. The minimum Gasteiger partial charge on any atom is -0.481 e. The Hall–Kier alpha value is -2.76. The number of nitrogens with zero attached hydrogens (tertiary/aromatic N) is 3. The molecule has 1 N–H and O–H groups in total. The molecule has 1 atom stereocenters. The van der Waals surface area contributed by atoms with Crippen molar-refractivity contribution in [1.29, 1.82) is 0 Å². The summed E-state index contributed by atoms with van der Waals surface area (Å²) in [5.74, 6) is -1.89. The molecule has 0 radical (unpaired) electrons. The van der Waals surface area contributed by atoms with Crippen LogP contribution in [0.1, 0.15) is 21.8 Å². The van der Waals surface area contributed by atoms with Crippen LogP contribution in [0.4, 0.5) is 5.69 Å². The molecule has 6 heteroatoms. The van der Waals surface area contributed by atoms with Crippen LogP contribution in [0.2, 0.25) is 0 Å². The molecule has 1 aliphatic heterocycles. The highest BCUT2D eigenvalue weighted by Gasteiger charge is 2.36. The molecule has 20 heavy (non-hydrogen) atoms. The highest BCUT2D eigenvalue weighted by Crippen LogP contribution is 2.36. The summed E-state index contributed by atoms with van der Waals surface area (Å²) in [5, 5.41) is 16.6. The van der Waals surface area contributed by atoms with Crippen molar-refractivity contribution in [2.45, 2.75) is 5.92 Å². The lowest BCUT2D eigenvalue weighted by molar-refractivity contribution is -0.138. The van der Waals surface area contributed by atoms with Crippen LogP contribution in [-0.4, -0.2) is 33.7 Å². The average molecular weight is 269 g/mol. The number of carboxylic acids is 1. The van der Waals surface area contributed by atoms with Crippen molar-refractivity contribution in [3.05, 3.63) is 53.9 Å². The fourth-order valence-corrected chi connectivity index (χ4v) is 2.38. The number of amides is 1. The van der Waals surface area contributed by atoms with Gasteiger partial charge >= 0.3 is 5.97 Å². The Bertz CT molecular complexity index is 672. The topological polar surface area (TPSA) is 83.4 Å². The fourth-order valence-electron chi connectivity index (χ4n) is 2.38. The van der Waals surface area contributed by atoms with Gasteiger partial charge in [0.15, 0.2) is 0 Å². The van der Waals surface area contributed by atoms with Crippen molar-refractivity contribution >= 4 is 17.6 Å². The minimum absolute atomic E-state index is 0.135. The largest absolute Gasteiger partial charge is 0.481 e. The van der Waals surface area contributed by atoms with Crippen molar-refractivity contribution in [2.24, 2.45) is 0 Å². The quantitative estimate of drug-likeness (QED) is 0.888. The van der Waals surface area contributed by atoms with Crippen molar-refractivity contribution in [2.75, 3.05) is 11.4 Å². The van der Waals surface area contributed by atoms with E-state index in [0.717, 1.165) is 0 Å². The second kappa shape index (κ2) is 4.73. The van der Waals surface area contributed by atoms with E-state index in [-0.39, 0.29) is 12.5 Å². The smallest absolute Gasteiger partial charge is 0.312 e. The van der Waals surface area contributed by atoms with Gasteiger partial charge in [-0.1, -0.05) is 18.2 Å². The zero-order valence-electron chi connectivity index (χ0n) is 10.4. The lowest BCUT2D eigenvalue weighted by Gasteiger charge is -2.17. The van der Waals surface area contributed by atoms with Gasteiger partial charge in [0.2, 0.25) is 0 Å². The first-order valence-corrected chi connectivity index (χ1v) is 6.09. The molecule has 0 saturated carbocycles. The number of fused-ring (bicyclic) bond motifs is 1. The Morgan fingerprint density at radius 3 is 2.70 bits per heavy atom. The molecule has 0 saturated heterocycles. The maximum absolute atomic E-state index is 12.4. The van der Waals surface area contributed by atoms with Gasteiger partial charge in [-0.15, -0.1) is 0 Å². The van der Waals surface area contributed by atoms with Gasteiger partial charge in [-0.05, 0) is 17.7 Å². The summed E-state index contributed by atoms with van der Waals surface area (Å²) in [6.45, 7) is 0.135. The summed E-state index contributed by atoms with van der Waals surface area (Å²) < 4.78 is 0. The number of hydrogen-bond donors (Lipinski definition) is 1. The van der Waals surface area contributed by atoms with E-state index in [1.807, 2.05) is 0 Å². The first kappa shape index (κ1) is 12.3. The highest BCUT2D eigenvalue weighted by molar-refractivity contribution is 6.08. The Morgan fingerprint density at radius 1 is 1.20 bits per heavy atom. The monoisotopic (exact) mass is 269 g/mol. The lowest BCUT2D eigenvalue weighted by atomic mass is 10.0. The zero-order valence-corrected chi connectivity index (χ0v) is 10.4. The van der Waals surface area contributed by atoms with E-state index >= 15 is 0 Å². The van der Waals surface area contributed by atoms with E-state index in [0.29, 0.717) is 16.8 Å². The van der Waals surface area contributed by atoms with Gasteiger partial charge in [-0.25, -0.2) is 0 Å². The molecule has 1 unspecified atom stereocenters. The van der Waals surface area contributed by atoms with Crippen LogP contribution in [0, 0.1) is 0 Å². The number of carboxylic acid groups (broad SMARTS) is 1. The molecular weight excluding hydrogens is 258 g/mol. The molecule has 1 aromatic carbocycles. The van der Waals surface area contributed by atoms with E-state index in [9.17, 15) is 14.7 Å². The Balaban J connectivity index is 2.00. The predicted molar refractivity (Wildman–Crippen MR) is 70.5 cm³/mol. The van der Waals surface area contributed by atoms with Crippen molar-refractivity contribution in [1.82, 2.24) is 10.2 Å². The summed E-state index contributed by atoms with van der Waals surface area (Å²) in [4.78, 5) is 25.2. The number of rotatable bonds is 2. The van der Waals surface area contributed by atoms with E-state index < -0.39 is 11.9 Å². The number of carbonyl (C=O) groups is 2. The van der Waals surface area contributed by atoms with Crippen LogP contribution in [0.15, 0.2) is 42.7 Å². The van der Waals surface area contributed by atoms with Crippen molar-refractivity contribution in [3.8, 4) is 0 Å². The Kier molecular flexibility index (Phi) is 2.90. The van der Waals surface area contributed by atoms with Gasteiger partial charge in [0.25, 0.3) is 5.91 Å². The van der Waals surface area contributed by atoms with Gasteiger partial charge < -0.3 is 10.0 Å². The summed E-state index contributed by atoms with van der Waals surface area (Å²) in [5.41, 5.74) is 1.69. The first-order valence-electron chi connectivity index (χ1n) is 6.09. The molecule has 0 aliphatic carbocycles. The molecule has 3 rings (SSSR count). The molecular formula is C14H11N3O3. The van der Waals surface area contributed by atoms with Crippen molar-refractivity contribution in [3.63, 3.8) is 0 Å². The number of aromatic nitrogens is 2. The van der Waals surface area contributed by atoms with Gasteiger partial charge in [-0.3, -0.25) is 9.59 Å². The third kappa shape index (κ3) is 1.91. The normalized spacial score (nSPS) is 16.8. The number of anilines is 1. The van der Waals surface area contributed by atoms with E-state index in [2.05, 4.69) is 10.2 Å². The summed E-state index contributed by atoms with van der Waals surface area (Å²) >= 11 is 0. The van der Waals surface area contributed by atoms with Crippen LogP contribution in [-0.2, 0) is 4.79 Å². The molecule has 100 valence electrons. The maximum Gasteiger partial charge on any atom is 0.312 e. The number of hydrogen-bond acceptors (Lipinski definition) is 4. The van der Waals surface area contributed by atoms with Gasteiger partial charge in [0.05, 0.1) is 18.0 Å². The van der Waals surface area contributed by atoms with Gasteiger partial charge in [0.1, 0.15) is 5.92 Å². The molecule has 1 amide bonds. The molecule has 2 aromatic rings. The predicted octanol–water partition coefficient (Wildman–Crippen LogP) is 1.31. The van der Waals surface area contributed by atoms with Crippen LogP contribution in [0.25, 0.3) is 0 Å². The van der Waals surface area contributed by atoms with E-state index in [1.54, 1.807) is 30.3 Å². The summed E-state index contributed by atoms with van der Waals surface area (Å²) in [6, 6.07) is 8.62. The Morgan fingerprint density at radius 2 is 2.00 bits per heavy atom. The number of aliphatic carboxylic acids is 1. The molecule has 0 bridgehead atoms. The molecule has 1 aliphatic rings. The SMILES string of the molecule is O=C(O)C1CN(C(=O)c2ccnnc2)c2ccccc21. The molecule has 2 heterocycles. The third-order valence-electron chi connectivity index (χ3n) is 3.34. The molecule has 6 nitrogen and oxygen atoms in total. The standard InChI is InChI=1S/C14H11N3O3/c18-13(9-5-6-15-16-7-9)17-8-11(14(19)20)10-3-1-2-4-12(10)17/h1-7,11H,8H2,(H,19,20). The van der Waals surface area contributed by atoms with Crippen LogP contribution in [0.5, 0.6) is 0 Å². The Labute approximate surface area is 114 Å². The second-order valence-corrected chi connectivity index (χ2v) is 4.50. The summed E-state index contributed by atoms with van der Waals surface area (Å²) in [7, 11) is 0. The van der Waals surface area contributed by atoms with Gasteiger partial charge in [-0.2, -0.15) is 10.2 Å². The molecule has 0 fully saturated rings. The number of benzene rings is 1. The average Bonchev–Trinajstić information content (AvgIpc) is 2.87. The zero-order chi connectivity index (χ0) is 14.1. The molecule has 0 spiro atoms.